The van der Waals surface area contributed by atoms with E-state index >= 15 is 0 Å². The zero-order valence-corrected chi connectivity index (χ0v) is 15.5. The first-order valence-corrected chi connectivity index (χ1v) is 9.70. The van der Waals surface area contributed by atoms with E-state index in [1.165, 1.54) is 21.4 Å². The number of benzene rings is 3. The first-order chi connectivity index (χ1) is 11.8. The molecule has 3 heteroatoms. The Bertz CT molecular complexity index is 988. The average molecular weight is 395 g/mol. The average Bonchev–Trinajstić information content (AvgIpc) is 3.01. The molecule has 0 atom stereocenters. The Labute approximate surface area is 153 Å². The Kier molecular flexibility index (Phi) is 4.21. The van der Waals surface area contributed by atoms with Gasteiger partial charge in [0.1, 0.15) is 11.3 Å². The molecule has 0 spiro atoms. The summed E-state index contributed by atoms with van der Waals surface area (Å²) in [5, 5.41) is 1.17. The lowest BCUT2D eigenvalue weighted by molar-refractivity contribution is 0.625. The minimum Gasteiger partial charge on any atom is -0.455 e. The van der Waals surface area contributed by atoms with Crippen molar-refractivity contribution in [2.24, 2.45) is 0 Å². The van der Waals surface area contributed by atoms with Crippen LogP contribution in [0.3, 0.4) is 0 Å². The van der Waals surface area contributed by atoms with E-state index in [2.05, 4.69) is 76.8 Å². The first-order valence-electron chi connectivity index (χ1n) is 7.68. The molecule has 118 valence electrons. The van der Waals surface area contributed by atoms with Gasteiger partial charge in [0, 0.05) is 15.4 Å². The van der Waals surface area contributed by atoms with Crippen molar-refractivity contribution in [3.63, 3.8) is 0 Å². The maximum Gasteiger partial charge on any atom is 0.148 e. The summed E-state index contributed by atoms with van der Waals surface area (Å²) in [6.45, 7) is 0. The van der Waals surface area contributed by atoms with E-state index in [0.717, 1.165) is 21.4 Å². The van der Waals surface area contributed by atoms with Crippen LogP contribution in [0.4, 0.5) is 0 Å². The van der Waals surface area contributed by atoms with Gasteiger partial charge in [0.25, 0.3) is 0 Å². The van der Waals surface area contributed by atoms with Gasteiger partial charge in [0.15, 0.2) is 0 Å². The largest absolute Gasteiger partial charge is 0.455 e. The van der Waals surface area contributed by atoms with Crippen molar-refractivity contribution >= 4 is 38.7 Å². The molecule has 0 unspecified atom stereocenters. The summed E-state index contributed by atoms with van der Waals surface area (Å²) in [5.41, 5.74) is 4.45. The first kappa shape index (κ1) is 15.6. The molecule has 0 saturated carbocycles. The molecule has 0 fully saturated rings. The van der Waals surface area contributed by atoms with Crippen molar-refractivity contribution in [3.05, 3.63) is 77.3 Å². The van der Waals surface area contributed by atoms with Crippen LogP contribution in [-0.4, -0.2) is 6.26 Å². The van der Waals surface area contributed by atoms with Gasteiger partial charge in [0.2, 0.25) is 0 Å². The second kappa shape index (κ2) is 6.50. The molecule has 1 aromatic heterocycles. The molecule has 4 rings (SSSR count). The van der Waals surface area contributed by atoms with E-state index in [-0.39, 0.29) is 0 Å². The number of furan rings is 1. The molecule has 0 radical (unpaired) electrons. The fraction of sp³-hybridized carbons (Fsp3) is 0.0476. The zero-order chi connectivity index (χ0) is 16.5. The molecule has 1 nitrogen and oxygen atoms in total. The number of hydrogen-bond donors (Lipinski definition) is 0. The fourth-order valence-corrected chi connectivity index (χ4v) is 3.87. The van der Waals surface area contributed by atoms with Gasteiger partial charge < -0.3 is 4.42 Å². The summed E-state index contributed by atoms with van der Waals surface area (Å²) in [7, 11) is 0. The molecule has 0 aliphatic carbocycles. The van der Waals surface area contributed by atoms with E-state index in [4.69, 9.17) is 4.42 Å². The third-order valence-corrected chi connectivity index (χ3v) is 5.40. The lowest BCUT2D eigenvalue weighted by atomic mass is 10.0. The van der Waals surface area contributed by atoms with Crippen molar-refractivity contribution in [1.29, 1.82) is 0 Å². The van der Waals surface area contributed by atoms with E-state index in [0.29, 0.717) is 0 Å². The van der Waals surface area contributed by atoms with E-state index < -0.39 is 0 Å². The second-order valence-electron chi connectivity index (χ2n) is 5.55. The lowest BCUT2D eigenvalue weighted by Gasteiger charge is -2.03. The molecule has 1 heterocycles. The quantitative estimate of drug-likeness (QED) is 0.339. The summed E-state index contributed by atoms with van der Waals surface area (Å²) in [6.07, 6.45) is 2.10. The molecule has 0 aliphatic heterocycles. The van der Waals surface area contributed by atoms with Gasteiger partial charge in [-0.3, -0.25) is 0 Å². The van der Waals surface area contributed by atoms with E-state index in [9.17, 15) is 0 Å². The normalized spacial score (nSPS) is 11.1. The minimum absolute atomic E-state index is 0.930. The van der Waals surface area contributed by atoms with Crippen LogP contribution in [0.15, 0.2) is 86.6 Å². The summed E-state index contributed by atoms with van der Waals surface area (Å²) >= 11 is 5.22. The van der Waals surface area contributed by atoms with Crippen LogP contribution in [0.25, 0.3) is 33.4 Å². The Morgan fingerprint density at radius 3 is 2.21 bits per heavy atom. The van der Waals surface area contributed by atoms with E-state index in [1.807, 2.05) is 18.2 Å². The molecule has 0 aliphatic rings. The van der Waals surface area contributed by atoms with Crippen molar-refractivity contribution in [2.45, 2.75) is 4.90 Å². The Morgan fingerprint density at radius 1 is 0.792 bits per heavy atom. The predicted octanol–water partition coefficient (Wildman–Crippen LogP) is 7.25. The van der Waals surface area contributed by atoms with Gasteiger partial charge in [-0.2, -0.15) is 0 Å². The SMILES string of the molecule is CSc1c(-c2ccccc2)oc2ccc(-c3ccc(Br)cc3)cc12. The highest BCUT2D eigenvalue weighted by Crippen LogP contribution is 2.40. The maximum absolute atomic E-state index is 6.16. The van der Waals surface area contributed by atoms with Gasteiger partial charge in [-0.15, -0.1) is 11.8 Å². The van der Waals surface area contributed by atoms with Gasteiger partial charge in [-0.05, 0) is 41.6 Å². The van der Waals surface area contributed by atoms with Crippen LogP contribution in [0.2, 0.25) is 0 Å². The number of thioether (sulfide) groups is 1. The van der Waals surface area contributed by atoms with Crippen LogP contribution < -0.4 is 0 Å². The van der Waals surface area contributed by atoms with Crippen molar-refractivity contribution in [2.75, 3.05) is 6.26 Å². The van der Waals surface area contributed by atoms with Crippen molar-refractivity contribution in [1.82, 2.24) is 0 Å². The molecule has 0 amide bonds. The van der Waals surface area contributed by atoms with Crippen LogP contribution >= 0.6 is 27.7 Å². The molecule has 3 aromatic carbocycles. The van der Waals surface area contributed by atoms with Crippen LogP contribution in [0, 0.1) is 0 Å². The fourth-order valence-electron chi connectivity index (χ4n) is 2.88. The van der Waals surface area contributed by atoms with Crippen LogP contribution in [-0.2, 0) is 0 Å². The second-order valence-corrected chi connectivity index (χ2v) is 7.28. The van der Waals surface area contributed by atoms with Gasteiger partial charge in [-0.1, -0.05) is 64.5 Å². The molecule has 0 saturated heterocycles. The summed E-state index contributed by atoms with van der Waals surface area (Å²) in [5.74, 6) is 0.950. The number of fused-ring (bicyclic) bond motifs is 1. The zero-order valence-electron chi connectivity index (χ0n) is 13.1. The minimum atomic E-state index is 0.930. The third-order valence-electron chi connectivity index (χ3n) is 4.06. The standard InChI is InChI=1S/C21H15BrOS/c1-24-21-18-13-16(14-7-10-17(22)11-8-14)9-12-19(18)23-20(21)15-5-3-2-4-6-15/h2-13H,1H3. The molecule has 4 aromatic rings. The van der Waals surface area contributed by atoms with Crippen molar-refractivity contribution < 1.29 is 4.42 Å². The summed E-state index contributed by atoms with van der Waals surface area (Å²) in [4.78, 5) is 1.19. The lowest BCUT2D eigenvalue weighted by Crippen LogP contribution is -1.78. The van der Waals surface area contributed by atoms with Gasteiger partial charge in [-0.25, -0.2) is 0 Å². The Balaban J connectivity index is 1.89. The van der Waals surface area contributed by atoms with Crippen LogP contribution in [0.1, 0.15) is 0 Å². The topological polar surface area (TPSA) is 13.1 Å². The number of rotatable bonds is 3. The number of halogens is 1. The summed E-state index contributed by atoms with van der Waals surface area (Å²) < 4.78 is 7.25. The Morgan fingerprint density at radius 2 is 1.50 bits per heavy atom. The summed E-state index contributed by atoms with van der Waals surface area (Å²) in [6, 6.07) is 25.1. The van der Waals surface area contributed by atoms with E-state index in [1.54, 1.807) is 11.8 Å². The Hall–Kier alpha value is -1.97. The highest BCUT2D eigenvalue weighted by atomic mass is 79.9. The molecular formula is C21H15BrOS. The molecule has 24 heavy (non-hydrogen) atoms. The third kappa shape index (κ3) is 2.79. The van der Waals surface area contributed by atoms with Gasteiger partial charge in [0.05, 0.1) is 4.90 Å². The predicted molar refractivity (Wildman–Crippen MR) is 107 cm³/mol. The van der Waals surface area contributed by atoms with Crippen LogP contribution in [0.5, 0.6) is 0 Å². The highest BCUT2D eigenvalue weighted by Gasteiger charge is 2.15. The maximum atomic E-state index is 6.16. The highest BCUT2D eigenvalue weighted by molar-refractivity contribution is 9.10. The molecule has 0 N–H and O–H groups in total. The smallest absolute Gasteiger partial charge is 0.148 e. The van der Waals surface area contributed by atoms with Gasteiger partial charge >= 0.3 is 0 Å². The monoisotopic (exact) mass is 394 g/mol. The number of hydrogen-bond acceptors (Lipinski definition) is 2. The molecular weight excluding hydrogens is 380 g/mol. The van der Waals surface area contributed by atoms with Crippen molar-refractivity contribution in [3.8, 4) is 22.5 Å². The molecule has 0 bridgehead atoms.